The fourth-order valence-electron chi connectivity index (χ4n) is 4.53. The topological polar surface area (TPSA) is 38.3 Å². The molecule has 4 heteroatoms. The van der Waals surface area contributed by atoms with Gasteiger partial charge < -0.3 is 10.1 Å². The molecule has 0 bridgehead atoms. The van der Waals surface area contributed by atoms with Crippen molar-refractivity contribution < 1.29 is 9.53 Å². The Kier molecular flexibility index (Phi) is 2.77. The average molecular weight is 336 g/mol. The first-order valence-electron chi connectivity index (χ1n) is 7.41. The largest absolute Gasteiger partial charge is 0.357 e. The molecule has 1 saturated heterocycles. The van der Waals surface area contributed by atoms with Gasteiger partial charge in [0.25, 0.3) is 5.91 Å². The first-order chi connectivity index (χ1) is 9.63. The van der Waals surface area contributed by atoms with Crippen LogP contribution in [0.15, 0.2) is 22.7 Å². The third-order valence-electron chi connectivity index (χ3n) is 5.17. The monoisotopic (exact) mass is 335 g/mol. The second-order valence-electron chi connectivity index (χ2n) is 6.31. The minimum Gasteiger partial charge on any atom is -0.357 e. The van der Waals surface area contributed by atoms with E-state index in [0.29, 0.717) is 11.8 Å². The molecule has 1 spiro atoms. The second-order valence-corrected chi connectivity index (χ2v) is 7.17. The molecular formula is C16H18BrNO2. The van der Waals surface area contributed by atoms with Crippen LogP contribution in [0, 0.1) is 11.8 Å². The molecule has 106 valence electrons. The lowest BCUT2D eigenvalue weighted by Crippen LogP contribution is -2.51. The summed E-state index contributed by atoms with van der Waals surface area (Å²) in [6.07, 6.45) is 4.75. The summed E-state index contributed by atoms with van der Waals surface area (Å²) >= 11 is 3.63. The van der Waals surface area contributed by atoms with Crippen LogP contribution >= 0.6 is 15.9 Å². The first-order valence-corrected chi connectivity index (χ1v) is 8.20. The fourth-order valence-corrected chi connectivity index (χ4v) is 5.19. The summed E-state index contributed by atoms with van der Waals surface area (Å²) in [4.78, 5) is 12.8. The lowest BCUT2D eigenvalue weighted by Gasteiger charge is -2.44. The molecule has 0 radical (unpaired) electrons. The predicted molar refractivity (Wildman–Crippen MR) is 80.4 cm³/mol. The number of hydrogen-bond donors (Lipinski definition) is 1. The van der Waals surface area contributed by atoms with Gasteiger partial charge in [-0.3, -0.25) is 4.79 Å². The van der Waals surface area contributed by atoms with Gasteiger partial charge in [0.2, 0.25) is 0 Å². The highest BCUT2D eigenvalue weighted by Crippen LogP contribution is 2.57. The molecule has 2 aliphatic heterocycles. The number of amides is 1. The molecule has 1 saturated carbocycles. The van der Waals surface area contributed by atoms with Gasteiger partial charge in [-0.25, -0.2) is 0 Å². The third kappa shape index (κ3) is 1.52. The Morgan fingerprint density at radius 2 is 2.25 bits per heavy atom. The van der Waals surface area contributed by atoms with Crippen LogP contribution in [0.3, 0.4) is 0 Å². The minimum absolute atomic E-state index is 0.0304. The Bertz CT molecular complexity index is 588. The van der Waals surface area contributed by atoms with E-state index in [1.54, 1.807) is 0 Å². The number of anilines is 1. The number of ether oxygens (including phenoxy) is 1. The molecule has 0 aromatic heterocycles. The van der Waals surface area contributed by atoms with Gasteiger partial charge in [-0.1, -0.05) is 28.4 Å². The molecule has 3 nitrogen and oxygen atoms in total. The van der Waals surface area contributed by atoms with Crippen LogP contribution < -0.4 is 5.32 Å². The number of carbonyl (C=O) groups is 1. The summed E-state index contributed by atoms with van der Waals surface area (Å²) in [6.45, 7) is 2.10. The Labute approximate surface area is 127 Å². The number of benzene rings is 1. The molecule has 4 atom stereocenters. The fraction of sp³-hybridized carbons (Fsp3) is 0.562. The Morgan fingerprint density at radius 3 is 3.10 bits per heavy atom. The number of rotatable bonds is 0. The van der Waals surface area contributed by atoms with Crippen LogP contribution in [-0.4, -0.2) is 12.0 Å². The molecule has 1 N–H and O–H groups in total. The molecule has 3 aliphatic rings. The van der Waals surface area contributed by atoms with Crippen molar-refractivity contribution in [3.63, 3.8) is 0 Å². The van der Waals surface area contributed by atoms with E-state index in [4.69, 9.17) is 4.74 Å². The van der Waals surface area contributed by atoms with Crippen molar-refractivity contribution in [1.82, 2.24) is 0 Å². The normalized spacial score (nSPS) is 38.7. The molecule has 1 unspecified atom stereocenters. The van der Waals surface area contributed by atoms with Crippen molar-refractivity contribution in [2.75, 3.05) is 5.32 Å². The summed E-state index contributed by atoms with van der Waals surface area (Å²) in [6, 6.07) is 5.94. The van der Waals surface area contributed by atoms with E-state index < -0.39 is 5.60 Å². The molecule has 2 fully saturated rings. The molecule has 20 heavy (non-hydrogen) atoms. The standard InChI is InChI=1S/C16H18BrNO2/c1-9-8-10-4-2-5-11(10)16(20-9)14-12(17)6-3-7-13(14)18-15(16)19/h3,6-7,9-11H,2,4-5,8H2,1H3,(H,18,19)/t9-,10?,11+,16-/m1/s1. The molecule has 1 amide bonds. The SMILES string of the molecule is C[C@@H]1CC2CCC[C@@H]2[C@]2(O1)C(=O)Nc1cccc(Br)c12. The minimum atomic E-state index is -0.770. The van der Waals surface area contributed by atoms with Gasteiger partial charge in [0, 0.05) is 21.6 Å². The van der Waals surface area contributed by atoms with E-state index in [-0.39, 0.29) is 12.0 Å². The summed E-state index contributed by atoms with van der Waals surface area (Å²) in [7, 11) is 0. The number of halogens is 1. The van der Waals surface area contributed by atoms with E-state index in [1.807, 2.05) is 18.2 Å². The lowest BCUT2D eigenvalue weighted by molar-refractivity contribution is -0.184. The molecule has 1 aromatic carbocycles. The molecular weight excluding hydrogens is 318 g/mol. The Morgan fingerprint density at radius 1 is 1.40 bits per heavy atom. The average Bonchev–Trinajstić information content (AvgIpc) is 2.95. The molecule has 2 heterocycles. The van der Waals surface area contributed by atoms with E-state index >= 15 is 0 Å². The maximum Gasteiger partial charge on any atom is 0.261 e. The molecule has 4 rings (SSSR count). The molecule has 1 aliphatic carbocycles. The third-order valence-corrected chi connectivity index (χ3v) is 5.83. The van der Waals surface area contributed by atoms with Crippen LogP contribution in [0.2, 0.25) is 0 Å². The molecule has 1 aromatic rings. The number of carbonyl (C=O) groups excluding carboxylic acids is 1. The van der Waals surface area contributed by atoms with Crippen molar-refractivity contribution in [1.29, 1.82) is 0 Å². The first kappa shape index (κ1) is 12.8. The van der Waals surface area contributed by atoms with Gasteiger partial charge in [-0.2, -0.15) is 0 Å². The maximum absolute atomic E-state index is 12.8. The Hall–Kier alpha value is -0.870. The summed E-state index contributed by atoms with van der Waals surface area (Å²) < 4.78 is 7.31. The van der Waals surface area contributed by atoms with Gasteiger partial charge in [0.1, 0.15) is 0 Å². The smallest absolute Gasteiger partial charge is 0.261 e. The van der Waals surface area contributed by atoms with Crippen molar-refractivity contribution in [3.8, 4) is 0 Å². The van der Waals surface area contributed by atoms with Crippen LogP contribution in [0.4, 0.5) is 5.69 Å². The zero-order valence-electron chi connectivity index (χ0n) is 11.5. The highest BCUT2D eigenvalue weighted by molar-refractivity contribution is 9.10. The predicted octanol–water partition coefficient (Wildman–Crippen LogP) is 3.82. The summed E-state index contributed by atoms with van der Waals surface area (Å²) in [5.41, 5.74) is 1.16. The van der Waals surface area contributed by atoms with E-state index in [9.17, 15) is 4.79 Å². The highest BCUT2D eigenvalue weighted by atomic mass is 79.9. The summed E-state index contributed by atoms with van der Waals surface area (Å²) in [5.74, 6) is 0.962. The zero-order valence-corrected chi connectivity index (χ0v) is 13.1. The van der Waals surface area contributed by atoms with Crippen LogP contribution in [0.1, 0.15) is 38.2 Å². The van der Waals surface area contributed by atoms with E-state index in [1.165, 1.54) is 12.8 Å². The number of fused-ring (bicyclic) bond motifs is 4. The van der Waals surface area contributed by atoms with Gasteiger partial charge >= 0.3 is 0 Å². The van der Waals surface area contributed by atoms with Crippen LogP contribution in [-0.2, 0) is 15.1 Å². The quantitative estimate of drug-likeness (QED) is 0.782. The zero-order chi connectivity index (χ0) is 13.9. The van der Waals surface area contributed by atoms with Crippen LogP contribution in [0.5, 0.6) is 0 Å². The van der Waals surface area contributed by atoms with Crippen molar-refractivity contribution >= 4 is 27.5 Å². The Balaban J connectivity index is 1.93. The second kappa shape index (κ2) is 4.31. The highest BCUT2D eigenvalue weighted by Gasteiger charge is 2.60. The van der Waals surface area contributed by atoms with E-state index in [0.717, 1.165) is 28.6 Å². The van der Waals surface area contributed by atoms with Gasteiger partial charge in [-0.15, -0.1) is 0 Å². The van der Waals surface area contributed by atoms with Crippen molar-refractivity contribution in [2.24, 2.45) is 11.8 Å². The van der Waals surface area contributed by atoms with Crippen molar-refractivity contribution in [2.45, 2.75) is 44.3 Å². The summed E-state index contributed by atoms with van der Waals surface area (Å²) in [5, 5.41) is 3.04. The van der Waals surface area contributed by atoms with Gasteiger partial charge in [-0.05, 0) is 44.2 Å². The van der Waals surface area contributed by atoms with Gasteiger partial charge in [0.05, 0.1) is 6.10 Å². The number of hydrogen-bond acceptors (Lipinski definition) is 2. The van der Waals surface area contributed by atoms with Gasteiger partial charge in [0.15, 0.2) is 5.60 Å². The van der Waals surface area contributed by atoms with Crippen molar-refractivity contribution in [3.05, 3.63) is 28.2 Å². The number of nitrogens with one attached hydrogen (secondary N) is 1. The van der Waals surface area contributed by atoms with Crippen LogP contribution in [0.25, 0.3) is 0 Å². The lowest BCUT2D eigenvalue weighted by atomic mass is 9.72. The maximum atomic E-state index is 12.8. The van der Waals surface area contributed by atoms with E-state index in [2.05, 4.69) is 28.2 Å².